The van der Waals surface area contributed by atoms with Gasteiger partial charge in [-0.25, -0.2) is 0 Å². The second-order valence-electron chi connectivity index (χ2n) is 3.92. The van der Waals surface area contributed by atoms with E-state index in [1.165, 1.54) is 0 Å². The highest BCUT2D eigenvalue weighted by Crippen LogP contribution is 2.15. The third-order valence-electron chi connectivity index (χ3n) is 2.46. The number of hydrogen-bond acceptors (Lipinski definition) is 3. The normalized spacial score (nSPS) is 12.1. The van der Waals surface area contributed by atoms with Crippen molar-refractivity contribution in [3.05, 3.63) is 29.3 Å². The highest BCUT2D eigenvalue weighted by Gasteiger charge is 2.09. The number of nitrogen functional groups attached to an aromatic ring is 1. The van der Waals surface area contributed by atoms with Gasteiger partial charge < -0.3 is 11.1 Å². The number of nitrogens with one attached hydrogen (secondary N) is 1. The van der Waals surface area contributed by atoms with Crippen molar-refractivity contribution in [2.45, 2.75) is 13.3 Å². The molecule has 5 heteroatoms. The molecule has 1 aromatic rings. The molecule has 0 fully saturated rings. The summed E-state index contributed by atoms with van der Waals surface area (Å²) in [7, 11) is -0.809. The molecule has 1 aromatic carbocycles. The maximum absolute atomic E-state index is 11.8. The number of amides is 1. The number of hydrogen-bond donors (Lipinski definition) is 2. The fourth-order valence-corrected chi connectivity index (χ4v) is 2.00. The Hall–Kier alpha value is -1.36. The van der Waals surface area contributed by atoms with Crippen LogP contribution < -0.4 is 11.1 Å². The van der Waals surface area contributed by atoms with E-state index in [4.69, 9.17) is 5.73 Å². The van der Waals surface area contributed by atoms with Crippen LogP contribution in [0.2, 0.25) is 0 Å². The maximum Gasteiger partial charge on any atom is 0.253 e. The van der Waals surface area contributed by atoms with Crippen LogP contribution in [0.5, 0.6) is 0 Å². The van der Waals surface area contributed by atoms with Crippen LogP contribution in [0.3, 0.4) is 0 Å². The minimum atomic E-state index is -0.809. The molecule has 1 unspecified atom stereocenters. The van der Waals surface area contributed by atoms with E-state index in [-0.39, 0.29) is 5.91 Å². The Morgan fingerprint density at radius 1 is 1.47 bits per heavy atom. The first-order valence-corrected chi connectivity index (χ1v) is 7.18. The summed E-state index contributed by atoms with van der Waals surface area (Å²) in [6.45, 7) is 2.39. The first-order chi connectivity index (χ1) is 8.02. The van der Waals surface area contributed by atoms with Gasteiger partial charge >= 0.3 is 0 Å². The molecule has 0 radical (unpaired) electrons. The van der Waals surface area contributed by atoms with Crippen molar-refractivity contribution in [1.82, 2.24) is 5.32 Å². The molecule has 3 N–H and O–H groups in total. The van der Waals surface area contributed by atoms with E-state index in [1.807, 2.05) is 19.1 Å². The van der Waals surface area contributed by atoms with Crippen molar-refractivity contribution >= 4 is 22.4 Å². The second-order valence-corrected chi connectivity index (χ2v) is 5.48. The number of carbonyl (C=O) groups excluding carboxylic acids is 1. The van der Waals surface area contributed by atoms with Crippen LogP contribution in [-0.4, -0.2) is 28.7 Å². The molecule has 0 aliphatic rings. The van der Waals surface area contributed by atoms with Gasteiger partial charge in [-0.05, 0) is 25.0 Å². The van der Waals surface area contributed by atoms with Gasteiger partial charge in [0.2, 0.25) is 0 Å². The van der Waals surface area contributed by atoms with Crippen LogP contribution >= 0.6 is 0 Å². The standard InChI is InChI=1S/C12H18N2O2S/c1-9-5-3-6-10(11(9)13)12(15)14-7-4-8-17(2)16/h3,5-6H,4,7-8,13H2,1-2H3,(H,14,15). The number of aryl methyl sites for hydroxylation is 1. The molecule has 17 heavy (non-hydrogen) atoms. The molecule has 0 bridgehead atoms. The molecule has 4 nitrogen and oxygen atoms in total. The molecular formula is C12H18N2O2S. The minimum absolute atomic E-state index is 0.173. The topological polar surface area (TPSA) is 72.2 Å². The smallest absolute Gasteiger partial charge is 0.253 e. The highest BCUT2D eigenvalue weighted by molar-refractivity contribution is 7.84. The zero-order valence-corrected chi connectivity index (χ0v) is 11.0. The molecule has 0 aromatic heterocycles. The van der Waals surface area contributed by atoms with Crippen LogP contribution in [0, 0.1) is 6.92 Å². The fraction of sp³-hybridized carbons (Fsp3) is 0.417. The Labute approximate surface area is 104 Å². The third kappa shape index (κ3) is 4.19. The molecule has 1 atom stereocenters. The predicted molar refractivity (Wildman–Crippen MR) is 71.5 cm³/mol. The van der Waals surface area contributed by atoms with Gasteiger partial charge in [-0.2, -0.15) is 0 Å². The summed E-state index contributed by atoms with van der Waals surface area (Å²) in [4.78, 5) is 11.8. The summed E-state index contributed by atoms with van der Waals surface area (Å²) in [6, 6.07) is 5.38. The van der Waals surface area contributed by atoms with E-state index in [0.717, 1.165) is 5.56 Å². The van der Waals surface area contributed by atoms with Crippen molar-refractivity contribution in [2.75, 3.05) is 24.3 Å². The van der Waals surface area contributed by atoms with Crippen molar-refractivity contribution in [1.29, 1.82) is 0 Å². The Kier molecular flexibility index (Phi) is 5.15. The lowest BCUT2D eigenvalue weighted by molar-refractivity contribution is 0.0954. The Bertz CT molecular complexity index is 433. The van der Waals surface area contributed by atoms with Crippen molar-refractivity contribution in [2.24, 2.45) is 0 Å². The summed E-state index contributed by atoms with van der Waals surface area (Å²) >= 11 is 0. The molecule has 0 spiro atoms. The van der Waals surface area contributed by atoms with Gasteiger partial charge in [-0.3, -0.25) is 9.00 Å². The predicted octanol–water partition coefficient (Wildman–Crippen LogP) is 1.08. The Balaban J connectivity index is 2.53. The average Bonchev–Trinajstić information content (AvgIpc) is 2.27. The first-order valence-electron chi connectivity index (χ1n) is 5.45. The molecule has 1 rings (SSSR count). The molecule has 0 heterocycles. The minimum Gasteiger partial charge on any atom is -0.398 e. The van der Waals surface area contributed by atoms with Gasteiger partial charge in [0.05, 0.1) is 5.56 Å². The van der Waals surface area contributed by atoms with E-state index >= 15 is 0 Å². The van der Waals surface area contributed by atoms with Gasteiger partial charge in [0.1, 0.15) is 0 Å². The third-order valence-corrected chi connectivity index (χ3v) is 3.33. The largest absolute Gasteiger partial charge is 0.398 e. The van der Waals surface area contributed by atoms with Gasteiger partial charge in [0, 0.05) is 35.0 Å². The van der Waals surface area contributed by atoms with E-state index in [0.29, 0.717) is 30.0 Å². The average molecular weight is 254 g/mol. The number of carbonyl (C=O) groups is 1. The number of rotatable bonds is 5. The number of nitrogens with two attached hydrogens (primary N) is 1. The van der Waals surface area contributed by atoms with Crippen LogP contribution in [0.4, 0.5) is 5.69 Å². The zero-order chi connectivity index (χ0) is 12.8. The quantitative estimate of drug-likeness (QED) is 0.610. The summed E-state index contributed by atoms with van der Waals surface area (Å²) in [5.41, 5.74) is 7.74. The summed E-state index contributed by atoms with van der Waals surface area (Å²) in [5.74, 6) is 0.428. The molecule has 1 amide bonds. The van der Waals surface area contributed by atoms with Gasteiger partial charge in [-0.15, -0.1) is 0 Å². The zero-order valence-electron chi connectivity index (χ0n) is 10.2. The van der Waals surface area contributed by atoms with E-state index < -0.39 is 10.8 Å². The first kappa shape index (κ1) is 13.7. The van der Waals surface area contributed by atoms with E-state index in [1.54, 1.807) is 12.3 Å². The Morgan fingerprint density at radius 2 is 2.18 bits per heavy atom. The van der Waals surface area contributed by atoms with Crippen LogP contribution in [0.1, 0.15) is 22.3 Å². The van der Waals surface area contributed by atoms with Crippen molar-refractivity contribution < 1.29 is 9.00 Å². The number of benzene rings is 1. The fourth-order valence-electron chi connectivity index (χ4n) is 1.45. The maximum atomic E-state index is 11.8. The summed E-state index contributed by atoms with van der Waals surface area (Å²) in [5, 5.41) is 2.77. The van der Waals surface area contributed by atoms with Gasteiger partial charge in [-0.1, -0.05) is 12.1 Å². The molecule has 0 aliphatic heterocycles. The van der Waals surface area contributed by atoms with Gasteiger partial charge in [0.25, 0.3) is 5.91 Å². The lowest BCUT2D eigenvalue weighted by Crippen LogP contribution is -2.26. The molecule has 0 saturated carbocycles. The monoisotopic (exact) mass is 254 g/mol. The van der Waals surface area contributed by atoms with Crippen LogP contribution in [-0.2, 0) is 10.8 Å². The molecule has 0 saturated heterocycles. The van der Waals surface area contributed by atoms with E-state index in [2.05, 4.69) is 5.32 Å². The lowest BCUT2D eigenvalue weighted by atomic mass is 10.1. The summed E-state index contributed by atoms with van der Waals surface area (Å²) in [6.07, 6.45) is 2.36. The Morgan fingerprint density at radius 3 is 2.82 bits per heavy atom. The molecule has 0 aliphatic carbocycles. The van der Waals surface area contributed by atoms with Gasteiger partial charge in [0.15, 0.2) is 0 Å². The SMILES string of the molecule is Cc1cccc(C(=O)NCCCS(C)=O)c1N. The molecular weight excluding hydrogens is 236 g/mol. The van der Waals surface area contributed by atoms with Crippen molar-refractivity contribution in [3.8, 4) is 0 Å². The number of anilines is 1. The molecule has 94 valence electrons. The highest BCUT2D eigenvalue weighted by atomic mass is 32.2. The lowest BCUT2D eigenvalue weighted by Gasteiger charge is -2.08. The van der Waals surface area contributed by atoms with E-state index in [9.17, 15) is 9.00 Å². The van der Waals surface area contributed by atoms with Crippen LogP contribution in [0.15, 0.2) is 18.2 Å². The summed E-state index contributed by atoms with van der Waals surface area (Å²) < 4.78 is 10.8. The number of para-hydroxylation sites is 1. The van der Waals surface area contributed by atoms with Crippen molar-refractivity contribution in [3.63, 3.8) is 0 Å². The second kappa shape index (κ2) is 6.39. The van der Waals surface area contributed by atoms with Crippen LogP contribution in [0.25, 0.3) is 0 Å².